The van der Waals surface area contributed by atoms with Crippen LogP contribution < -0.4 is 5.32 Å². The van der Waals surface area contributed by atoms with Gasteiger partial charge in [0.15, 0.2) is 0 Å². The van der Waals surface area contributed by atoms with Crippen LogP contribution >= 0.6 is 0 Å². The third-order valence-corrected chi connectivity index (χ3v) is 5.38. The lowest BCUT2D eigenvalue weighted by atomic mass is 9.75. The fourth-order valence-electron chi connectivity index (χ4n) is 4.31. The molecule has 0 spiro atoms. The summed E-state index contributed by atoms with van der Waals surface area (Å²) < 4.78 is 14.4. The Morgan fingerprint density at radius 3 is 2.50 bits per heavy atom. The van der Waals surface area contributed by atoms with E-state index in [0.717, 1.165) is 31.5 Å². The average molecular weight is 295 g/mol. The number of benzene rings is 2. The summed E-state index contributed by atoms with van der Waals surface area (Å²) in [5.41, 5.74) is 5.01. The van der Waals surface area contributed by atoms with Crippen LogP contribution in [-0.4, -0.2) is 13.1 Å². The molecule has 0 saturated carbocycles. The molecule has 0 aromatic heterocycles. The zero-order valence-corrected chi connectivity index (χ0v) is 12.8. The largest absolute Gasteiger partial charge is 0.317 e. The second-order valence-corrected chi connectivity index (χ2v) is 6.57. The van der Waals surface area contributed by atoms with Gasteiger partial charge in [-0.2, -0.15) is 0 Å². The van der Waals surface area contributed by atoms with Gasteiger partial charge >= 0.3 is 0 Å². The molecule has 1 nitrogen and oxygen atoms in total. The van der Waals surface area contributed by atoms with E-state index >= 15 is 0 Å². The second kappa shape index (κ2) is 5.85. The predicted molar refractivity (Wildman–Crippen MR) is 87.7 cm³/mol. The Hall–Kier alpha value is -1.67. The van der Waals surface area contributed by atoms with Crippen molar-refractivity contribution in [2.24, 2.45) is 5.92 Å². The molecular weight excluding hydrogens is 273 g/mol. The van der Waals surface area contributed by atoms with Crippen molar-refractivity contribution in [3.63, 3.8) is 0 Å². The molecule has 4 rings (SSSR count). The van der Waals surface area contributed by atoms with Crippen molar-refractivity contribution in [2.45, 2.75) is 31.6 Å². The summed E-state index contributed by atoms with van der Waals surface area (Å²) in [6.45, 7) is 2.15. The predicted octanol–water partition coefficient (Wildman–Crippen LogP) is 4.06. The summed E-state index contributed by atoms with van der Waals surface area (Å²) in [4.78, 5) is 0. The molecule has 114 valence electrons. The summed E-state index contributed by atoms with van der Waals surface area (Å²) in [6.07, 6.45) is 4.12. The summed E-state index contributed by atoms with van der Waals surface area (Å²) in [5, 5.41) is 3.45. The van der Waals surface area contributed by atoms with Gasteiger partial charge in [-0.3, -0.25) is 0 Å². The molecule has 1 heterocycles. The van der Waals surface area contributed by atoms with E-state index < -0.39 is 0 Å². The number of hydrogen-bond acceptors (Lipinski definition) is 1. The molecule has 1 atom stereocenters. The van der Waals surface area contributed by atoms with E-state index in [1.54, 1.807) is 6.07 Å². The van der Waals surface area contributed by atoms with Gasteiger partial charge in [0.25, 0.3) is 0 Å². The Kier molecular flexibility index (Phi) is 3.71. The highest BCUT2D eigenvalue weighted by atomic mass is 19.1. The summed E-state index contributed by atoms with van der Waals surface area (Å²) >= 11 is 0. The standard InChI is InChI=1S/C20H22FN/c21-19-7-3-6-18-17(19)9-8-14-4-1-2-5-16(14)20(18)15-10-12-22-13-11-15/h1-7,15,20,22H,8-13H2. The smallest absolute Gasteiger partial charge is 0.126 e. The molecule has 0 radical (unpaired) electrons. The molecule has 1 N–H and O–H groups in total. The molecule has 0 bridgehead atoms. The van der Waals surface area contributed by atoms with E-state index in [-0.39, 0.29) is 5.82 Å². The highest BCUT2D eigenvalue weighted by Gasteiger charge is 2.32. The van der Waals surface area contributed by atoms with E-state index in [1.807, 2.05) is 6.07 Å². The molecule has 1 aliphatic heterocycles. The monoisotopic (exact) mass is 295 g/mol. The van der Waals surface area contributed by atoms with Gasteiger partial charge in [0.05, 0.1) is 0 Å². The van der Waals surface area contributed by atoms with Gasteiger partial charge in [-0.25, -0.2) is 4.39 Å². The highest BCUT2D eigenvalue weighted by molar-refractivity contribution is 5.46. The zero-order chi connectivity index (χ0) is 14.9. The van der Waals surface area contributed by atoms with E-state index in [0.29, 0.717) is 11.8 Å². The average Bonchev–Trinajstić information content (AvgIpc) is 2.73. The molecule has 2 aromatic carbocycles. The lowest BCUT2D eigenvalue weighted by Gasteiger charge is -2.32. The van der Waals surface area contributed by atoms with Crippen LogP contribution in [0.4, 0.5) is 4.39 Å². The van der Waals surface area contributed by atoms with Crippen LogP contribution in [0.25, 0.3) is 0 Å². The van der Waals surface area contributed by atoms with Crippen LogP contribution in [-0.2, 0) is 12.8 Å². The van der Waals surface area contributed by atoms with Crippen molar-refractivity contribution < 1.29 is 4.39 Å². The van der Waals surface area contributed by atoms with Crippen molar-refractivity contribution in [1.82, 2.24) is 5.32 Å². The first-order valence-electron chi connectivity index (χ1n) is 8.40. The number of nitrogens with one attached hydrogen (secondary N) is 1. The topological polar surface area (TPSA) is 12.0 Å². The van der Waals surface area contributed by atoms with Crippen molar-refractivity contribution in [3.05, 3.63) is 70.5 Å². The third kappa shape index (κ3) is 2.36. The Labute approximate surface area is 131 Å². The Morgan fingerprint density at radius 2 is 1.64 bits per heavy atom. The maximum absolute atomic E-state index is 14.4. The number of aryl methyl sites for hydroxylation is 1. The minimum absolute atomic E-state index is 0.0239. The molecule has 1 aliphatic carbocycles. The SMILES string of the molecule is Fc1cccc2c1CCc1ccccc1C2C1CCNCC1. The van der Waals surface area contributed by atoms with E-state index in [1.165, 1.54) is 29.5 Å². The molecule has 22 heavy (non-hydrogen) atoms. The normalized spacial score (nSPS) is 21.8. The van der Waals surface area contributed by atoms with Gasteiger partial charge in [-0.1, -0.05) is 36.4 Å². The van der Waals surface area contributed by atoms with E-state index in [4.69, 9.17) is 0 Å². The van der Waals surface area contributed by atoms with Crippen LogP contribution in [0.5, 0.6) is 0 Å². The van der Waals surface area contributed by atoms with Crippen LogP contribution in [0.2, 0.25) is 0 Å². The van der Waals surface area contributed by atoms with E-state index in [9.17, 15) is 4.39 Å². The minimum Gasteiger partial charge on any atom is -0.317 e. The molecule has 2 aromatic rings. The van der Waals surface area contributed by atoms with Gasteiger partial charge in [0.1, 0.15) is 5.82 Å². The zero-order valence-electron chi connectivity index (χ0n) is 12.8. The Bertz CT molecular complexity index is 673. The van der Waals surface area contributed by atoms with Crippen molar-refractivity contribution >= 4 is 0 Å². The number of rotatable bonds is 1. The van der Waals surface area contributed by atoms with Gasteiger partial charge in [-0.15, -0.1) is 0 Å². The number of hydrogen-bond donors (Lipinski definition) is 1. The van der Waals surface area contributed by atoms with Crippen LogP contribution in [0.1, 0.15) is 41.0 Å². The first-order valence-corrected chi connectivity index (χ1v) is 8.40. The van der Waals surface area contributed by atoms with Crippen LogP contribution in [0.15, 0.2) is 42.5 Å². The summed E-state index contributed by atoms with van der Waals surface area (Å²) in [6, 6.07) is 14.4. The Balaban J connectivity index is 1.88. The quantitative estimate of drug-likeness (QED) is 0.836. The maximum atomic E-state index is 14.4. The molecule has 1 saturated heterocycles. The summed E-state index contributed by atoms with van der Waals surface area (Å²) in [7, 11) is 0. The lowest BCUT2D eigenvalue weighted by molar-refractivity contribution is 0.341. The third-order valence-electron chi connectivity index (χ3n) is 5.38. The minimum atomic E-state index is -0.0239. The molecule has 1 fully saturated rings. The van der Waals surface area contributed by atoms with Crippen LogP contribution in [0, 0.1) is 11.7 Å². The number of fused-ring (bicyclic) bond motifs is 2. The van der Waals surface area contributed by atoms with Gasteiger partial charge in [0.2, 0.25) is 0 Å². The molecule has 0 amide bonds. The van der Waals surface area contributed by atoms with Crippen molar-refractivity contribution in [3.8, 4) is 0 Å². The molecule has 2 heteroatoms. The fourth-order valence-corrected chi connectivity index (χ4v) is 4.31. The molecular formula is C20H22FN. The first-order chi connectivity index (χ1) is 10.8. The Morgan fingerprint density at radius 1 is 0.864 bits per heavy atom. The van der Waals surface area contributed by atoms with Crippen molar-refractivity contribution in [1.29, 1.82) is 0 Å². The maximum Gasteiger partial charge on any atom is 0.126 e. The molecule has 1 unspecified atom stereocenters. The lowest BCUT2D eigenvalue weighted by Crippen LogP contribution is -2.31. The van der Waals surface area contributed by atoms with Crippen LogP contribution in [0.3, 0.4) is 0 Å². The summed E-state index contributed by atoms with van der Waals surface area (Å²) in [5.74, 6) is 0.941. The fraction of sp³-hybridized carbons (Fsp3) is 0.400. The number of piperidine rings is 1. The first kappa shape index (κ1) is 14.0. The van der Waals surface area contributed by atoms with Gasteiger partial charge in [0, 0.05) is 5.92 Å². The molecule has 2 aliphatic rings. The second-order valence-electron chi connectivity index (χ2n) is 6.57. The van der Waals surface area contributed by atoms with Gasteiger partial charge < -0.3 is 5.32 Å². The van der Waals surface area contributed by atoms with Gasteiger partial charge in [-0.05, 0) is 73.0 Å². The number of halogens is 1. The highest BCUT2D eigenvalue weighted by Crippen LogP contribution is 2.42. The van der Waals surface area contributed by atoms with E-state index in [2.05, 4.69) is 35.6 Å². The van der Waals surface area contributed by atoms with Crippen molar-refractivity contribution in [2.75, 3.05) is 13.1 Å².